The Balaban J connectivity index is 2.30. The van der Waals surface area contributed by atoms with Crippen LogP contribution in [0, 0.1) is 0 Å². The molecule has 1 atom stereocenters. The Morgan fingerprint density at radius 2 is 2.58 bits per heavy atom. The topological polar surface area (TPSA) is 85.8 Å². The normalized spacial score (nSPS) is 22.8. The van der Waals surface area contributed by atoms with Crippen LogP contribution in [0.25, 0.3) is 0 Å². The number of hydrogen-bond acceptors (Lipinski definition) is 4. The average Bonchev–Trinajstić information content (AvgIpc) is 2.43. The van der Waals surface area contributed by atoms with E-state index in [0.29, 0.717) is 13.1 Å². The van der Waals surface area contributed by atoms with Gasteiger partial charge in [-0.05, 0) is 0 Å². The van der Waals surface area contributed by atoms with Crippen LogP contribution < -0.4 is 11.1 Å². The lowest BCUT2D eigenvalue weighted by Crippen LogP contribution is -2.40. The zero-order chi connectivity index (χ0) is 8.55. The summed E-state index contributed by atoms with van der Waals surface area (Å²) in [5.41, 5.74) is 6.44. The van der Waals surface area contributed by atoms with Gasteiger partial charge >= 0.3 is 0 Å². The summed E-state index contributed by atoms with van der Waals surface area (Å²) in [6, 6.07) is -0.520. The number of carbonyl (C=O) groups excluding carboxylic acids is 1. The molecule has 1 amide bonds. The van der Waals surface area contributed by atoms with Crippen molar-refractivity contribution in [2.24, 2.45) is 5.73 Å². The molecule has 1 aromatic heterocycles. The van der Waals surface area contributed by atoms with Crippen LogP contribution in [0.3, 0.4) is 0 Å². The molecule has 64 valence electrons. The Hall–Kier alpha value is -1.43. The van der Waals surface area contributed by atoms with E-state index < -0.39 is 6.04 Å². The summed E-state index contributed by atoms with van der Waals surface area (Å²) in [7, 11) is 0. The van der Waals surface area contributed by atoms with Gasteiger partial charge in [-0.3, -0.25) is 4.79 Å². The summed E-state index contributed by atoms with van der Waals surface area (Å²) in [4.78, 5) is 11.1. The van der Waals surface area contributed by atoms with Gasteiger partial charge in [0.15, 0.2) is 0 Å². The molecule has 3 N–H and O–H groups in total. The van der Waals surface area contributed by atoms with Crippen molar-refractivity contribution in [1.82, 2.24) is 20.3 Å². The fourth-order valence-electron chi connectivity index (χ4n) is 1.15. The first-order valence-electron chi connectivity index (χ1n) is 3.68. The molecule has 6 nitrogen and oxygen atoms in total. The van der Waals surface area contributed by atoms with E-state index in [0.717, 1.165) is 5.69 Å². The smallest absolute Gasteiger partial charge is 0.239 e. The van der Waals surface area contributed by atoms with Gasteiger partial charge in [0.25, 0.3) is 0 Å². The van der Waals surface area contributed by atoms with Crippen molar-refractivity contribution in [3.05, 3.63) is 11.9 Å². The first-order valence-corrected chi connectivity index (χ1v) is 3.68. The maximum atomic E-state index is 11.1. The molecule has 0 saturated carbocycles. The zero-order valence-electron chi connectivity index (χ0n) is 6.40. The quantitative estimate of drug-likeness (QED) is 0.479. The summed E-state index contributed by atoms with van der Waals surface area (Å²) in [6.45, 7) is 0.862. The molecule has 1 unspecified atom stereocenters. The van der Waals surface area contributed by atoms with Gasteiger partial charge in [-0.2, -0.15) is 0 Å². The molecule has 12 heavy (non-hydrogen) atoms. The molecular formula is C6H9N5O. The minimum atomic E-state index is -0.520. The molecule has 0 aliphatic carbocycles. The van der Waals surface area contributed by atoms with Gasteiger partial charge in [-0.15, -0.1) is 5.10 Å². The molecule has 2 heterocycles. The lowest BCUT2D eigenvalue weighted by Gasteiger charge is -2.05. The van der Waals surface area contributed by atoms with Crippen LogP contribution >= 0.6 is 0 Å². The first-order chi connectivity index (χ1) is 5.77. The fraction of sp³-hybridized carbons (Fsp3) is 0.500. The number of fused-ring (bicyclic) bond motifs is 1. The van der Waals surface area contributed by atoms with Crippen molar-refractivity contribution in [2.45, 2.75) is 19.1 Å². The monoisotopic (exact) mass is 167 g/mol. The van der Waals surface area contributed by atoms with Gasteiger partial charge in [-0.25, -0.2) is 4.68 Å². The van der Waals surface area contributed by atoms with Gasteiger partial charge in [0.05, 0.1) is 25.0 Å². The van der Waals surface area contributed by atoms with Crippen LogP contribution in [0.1, 0.15) is 5.69 Å². The van der Waals surface area contributed by atoms with Gasteiger partial charge < -0.3 is 11.1 Å². The highest BCUT2D eigenvalue weighted by Crippen LogP contribution is 2.01. The van der Waals surface area contributed by atoms with Crippen LogP contribution in [-0.2, 0) is 17.9 Å². The number of nitrogens with zero attached hydrogens (tertiary/aromatic N) is 3. The Morgan fingerprint density at radius 3 is 3.42 bits per heavy atom. The van der Waals surface area contributed by atoms with E-state index in [1.165, 1.54) is 0 Å². The molecule has 0 bridgehead atoms. The third-order valence-corrected chi connectivity index (χ3v) is 1.85. The molecule has 0 aromatic carbocycles. The summed E-state index contributed by atoms with van der Waals surface area (Å²) in [6.07, 6.45) is 1.62. The fourth-order valence-corrected chi connectivity index (χ4v) is 1.15. The third kappa shape index (κ3) is 1.06. The van der Waals surface area contributed by atoms with Gasteiger partial charge in [0.2, 0.25) is 5.91 Å². The lowest BCUT2D eigenvalue weighted by atomic mass is 10.3. The van der Waals surface area contributed by atoms with Crippen molar-refractivity contribution < 1.29 is 4.79 Å². The van der Waals surface area contributed by atoms with Crippen molar-refractivity contribution in [3.8, 4) is 0 Å². The number of amides is 1. The highest BCUT2D eigenvalue weighted by atomic mass is 16.2. The third-order valence-electron chi connectivity index (χ3n) is 1.85. The van der Waals surface area contributed by atoms with Gasteiger partial charge in [0.1, 0.15) is 6.04 Å². The Morgan fingerprint density at radius 1 is 1.75 bits per heavy atom. The van der Waals surface area contributed by atoms with Gasteiger partial charge in [0, 0.05) is 0 Å². The second-order valence-corrected chi connectivity index (χ2v) is 2.73. The second-order valence-electron chi connectivity index (χ2n) is 2.73. The SMILES string of the molecule is NC1Cn2nncc2CNC1=O. The summed E-state index contributed by atoms with van der Waals surface area (Å²) >= 11 is 0. The minimum absolute atomic E-state index is 0.138. The van der Waals surface area contributed by atoms with E-state index >= 15 is 0 Å². The first kappa shape index (κ1) is 7.23. The summed E-state index contributed by atoms with van der Waals surface area (Å²) in [5, 5.41) is 10.2. The van der Waals surface area contributed by atoms with Gasteiger partial charge in [-0.1, -0.05) is 5.21 Å². The highest BCUT2D eigenvalue weighted by Gasteiger charge is 2.20. The standard InChI is InChI=1S/C6H9N5O/c7-5-3-11-4(2-9-10-11)1-8-6(5)12/h2,5H,1,3,7H2,(H,8,12). The predicted molar refractivity (Wildman–Crippen MR) is 39.8 cm³/mol. The van der Waals surface area contributed by atoms with Crippen molar-refractivity contribution >= 4 is 5.91 Å². The molecule has 1 aliphatic rings. The number of rotatable bonds is 0. The molecular weight excluding hydrogens is 158 g/mol. The zero-order valence-corrected chi connectivity index (χ0v) is 6.40. The number of nitrogens with one attached hydrogen (secondary N) is 1. The maximum absolute atomic E-state index is 11.1. The highest BCUT2D eigenvalue weighted by molar-refractivity contribution is 5.81. The Kier molecular flexibility index (Phi) is 1.54. The molecule has 1 aromatic rings. The van der Waals surface area contributed by atoms with Crippen LogP contribution in [0.4, 0.5) is 0 Å². The van der Waals surface area contributed by atoms with Crippen molar-refractivity contribution in [2.75, 3.05) is 0 Å². The molecule has 0 spiro atoms. The van der Waals surface area contributed by atoms with Crippen LogP contribution in [0.15, 0.2) is 6.20 Å². The number of nitrogens with two attached hydrogens (primary N) is 1. The van der Waals surface area contributed by atoms with Crippen molar-refractivity contribution in [3.63, 3.8) is 0 Å². The molecule has 0 saturated heterocycles. The van der Waals surface area contributed by atoms with Crippen LogP contribution in [-0.4, -0.2) is 26.9 Å². The molecule has 6 heteroatoms. The average molecular weight is 167 g/mol. The van der Waals surface area contributed by atoms with E-state index in [1.807, 2.05) is 0 Å². The van der Waals surface area contributed by atoms with E-state index in [2.05, 4.69) is 15.6 Å². The van der Waals surface area contributed by atoms with E-state index in [-0.39, 0.29) is 5.91 Å². The number of hydrogen-bond donors (Lipinski definition) is 2. The minimum Gasteiger partial charge on any atom is -0.349 e. The molecule has 1 aliphatic heterocycles. The lowest BCUT2D eigenvalue weighted by molar-refractivity contribution is -0.122. The Labute approximate surface area is 68.7 Å². The molecule has 0 fully saturated rings. The largest absolute Gasteiger partial charge is 0.349 e. The van der Waals surface area contributed by atoms with Crippen LogP contribution in [0.2, 0.25) is 0 Å². The summed E-state index contributed by atoms with van der Waals surface area (Å²) in [5.74, 6) is -0.138. The number of aromatic nitrogens is 3. The predicted octanol–water partition coefficient (Wildman–Crippen LogP) is -1.76. The Bertz CT molecular complexity index is 307. The van der Waals surface area contributed by atoms with E-state index in [9.17, 15) is 4.79 Å². The van der Waals surface area contributed by atoms with E-state index in [1.54, 1.807) is 10.9 Å². The van der Waals surface area contributed by atoms with Crippen molar-refractivity contribution in [1.29, 1.82) is 0 Å². The van der Waals surface area contributed by atoms with Crippen LogP contribution in [0.5, 0.6) is 0 Å². The van der Waals surface area contributed by atoms with E-state index in [4.69, 9.17) is 5.73 Å². The second kappa shape index (κ2) is 2.56. The number of carbonyl (C=O) groups is 1. The molecule has 0 radical (unpaired) electrons. The summed E-state index contributed by atoms with van der Waals surface area (Å²) < 4.78 is 1.64. The molecule has 2 rings (SSSR count). The maximum Gasteiger partial charge on any atom is 0.239 e.